The number of hydrogen-bond acceptors (Lipinski definition) is 3. The maximum Gasteiger partial charge on any atom is 0.0723 e. The van der Waals surface area contributed by atoms with Crippen LogP contribution in [-0.4, -0.2) is 31.8 Å². The zero-order chi connectivity index (χ0) is 14.7. The van der Waals surface area contributed by atoms with Crippen molar-refractivity contribution in [2.75, 3.05) is 24.6 Å². The summed E-state index contributed by atoms with van der Waals surface area (Å²) in [6, 6.07) is 7.08. The second-order valence-electron chi connectivity index (χ2n) is 5.64. The van der Waals surface area contributed by atoms with Crippen LogP contribution in [0, 0.1) is 0 Å². The highest BCUT2D eigenvalue weighted by molar-refractivity contribution is 6.33. The standard InChI is InChI=1S/C16H25ClN2O/c1-5-18-13(4)14-6-7-16(15(17)8-14)19-9-12(3)20-10-11(19)2/h6-8,11-13,18H,5,9-10H2,1-4H3. The number of nitrogens with zero attached hydrogens (tertiary/aromatic N) is 1. The van der Waals surface area contributed by atoms with Crippen LogP contribution in [0.3, 0.4) is 0 Å². The molecular weight excluding hydrogens is 272 g/mol. The van der Waals surface area contributed by atoms with Crippen LogP contribution >= 0.6 is 11.6 Å². The lowest BCUT2D eigenvalue weighted by Gasteiger charge is -2.39. The molecule has 1 aromatic carbocycles. The van der Waals surface area contributed by atoms with Gasteiger partial charge < -0.3 is 15.0 Å². The van der Waals surface area contributed by atoms with Crippen molar-refractivity contribution in [1.82, 2.24) is 5.32 Å². The molecule has 0 saturated carbocycles. The largest absolute Gasteiger partial charge is 0.375 e. The molecule has 0 spiro atoms. The molecule has 1 fully saturated rings. The maximum atomic E-state index is 6.51. The third-order valence-electron chi connectivity index (χ3n) is 3.90. The highest BCUT2D eigenvalue weighted by Gasteiger charge is 2.25. The normalized spacial score (nSPS) is 24.8. The fraction of sp³-hybridized carbons (Fsp3) is 0.625. The minimum atomic E-state index is 0.252. The highest BCUT2D eigenvalue weighted by atomic mass is 35.5. The van der Waals surface area contributed by atoms with Crippen molar-refractivity contribution in [2.45, 2.75) is 45.9 Å². The van der Waals surface area contributed by atoms with Crippen LogP contribution in [0.15, 0.2) is 18.2 Å². The Morgan fingerprint density at radius 3 is 2.85 bits per heavy atom. The minimum Gasteiger partial charge on any atom is -0.375 e. The second-order valence-corrected chi connectivity index (χ2v) is 6.04. The Kier molecular flexibility index (Phi) is 5.30. The number of halogens is 1. The van der Waals surface area contributed by atoms with Crippen LogP contribution in [0.1, 0.15) is 39.3 Å². The molecule has 1 saturated heterocycles. The zero-order valence-corrected chi connectivity index (χ0v) is 13.6. The quantitative estimate of drug-likeness (QED) is 0.918. The third kappa shape index (κ3) is 3.46. The Labute approximate surface area is 127 Å². The van der Waals surface area contributed by atoms with E-state index >= 15 is 0 Å². The van der Waals surface area contributed by atoms with Gasteiger partial charge in [-0.3, -0.25) is 0 Å². The number of nitrogens with one attached hydrogen (secondary N) is 1. The van der Waals surface area contributed by atoms with Crippen molar-refractivity contribution < 1.29 is 4.74 Å². The summed E-state index contributed by atoms with van der Waals surface area (Å²) in [7, 11) is 0. The molecule has 1 N–H and O–H groups in total. The number of morpholine rings is 1. The van der Waals surface area contributed by atoms with Crippen molar-refractivity contribution in [3.63, 3.8) is 0 Å². The first-order chi connectivity index (χ1) is 9.52. The molecule has 0 bridgehead atoms. The van der Waals surface area contributed by atoms with Crippen molar-refractivity contribution in [1.29, 1.82) is 0 Å². The summed E-state index contributed by atoms with van der Waals surface area (Å²) in [4.78, 5) is 2.35. The predicted octanol–water partition coefficient (Wildman–Crippen LogP) is 3.62. The summed E-state index contributed by atoms with van der Waals surface area (Å²) in [5.74, 6) is 0. The van der Waals surface area contributed by atoms with Gasteiger partial charge in [0.15, 0.2) is 0 Å². The zero-order valence-electron chi connectivity index (χ0n) is 12.8. The number of anilines is 1. The summed E-state index contributed by atoms with van der Waals surface area (Å²) in [6.07, 6.45) is 0.252. The Morgan fingerprint density at radius 1 is 1.45 bits per heavy atom. The average Bonchev–Trinajstić information content (AvgIpc) is 2.42. The van der Waals surface area contributed by atoms with Gasteiger partial charge in [0, 0.05) is 18.6 Å². The lowest BCUT2D eigenvalue weighted by molar-refractivity contribution is 0.0344. The SMILES string of the molecule is CCNC(C)c1ccc(N2CC(C)OCC2C)c(Cl)c1. The van der Waals surface area contributed by atoms with Gasteiger partial charge >= 0.3 is 0 Å². The summed E-state index contributed by atoms with van der Waals surface area (Å²) in [5.41, 5.74) is 2.34. The van der Waals surface area contributed by atoms with Gasteiger partial charge in [-0.25, -0.2) is 0 Å². The molecule has 0 aromatic heterocycles. The molecule has 112 valence electrons. The number of hydrogen-bond donors (Lipinski definition) is 1. The van der Waals surface area contributed by atoms with Gasteiger partial charge in [0.2, 0.25) is 0 Å². The Morgan fingerprint density at radius 2 is 2.20 bits per heavy atom. The Balaban J connectivity index is 2.20. The van der Waals surface area contributed by atoms with Gasteiger partial charge in [0.05, 0.1) is 23.4 Å². The smallest absolute Gasteiger partial charge is 0.0723 e. The number of benzene rings is 1. The first-order valence-corrected chi connectivity index (χ1v) is 7.81. The van der Waals surface area contributed by atoms with E-state index in [0.29, 0.717) is 12.1 Å². The number of rotatable bonds is 4. The van der Waals surface area contributed by atoms with Gasteiger partial charge in [-0.15, -0.1) is 0 Å². The van der Waals surface area contributed by atoms with Crippen LogP contribution in [0.5, 0.6) is 0 Å². The topological polar surface area (TPSA) is 24.5 Å². The van der Waals surface area contributed by atoms with Gasteiger partial charge in [0.25, 0.3) is 0 Å². The predicted molar refractivity (Wildman–Crippen MR) is 85.8 cm³/mol. The van der Waals surface area contributed by atoms with Crippen LogP contribution < -0.4 is 10.2 Å². The van der Waals surface area contributed by atoms with Crippen LogP contribution in [0.25, 0.3) is 0 Å². The molecule has 2 rings (SSSR count). The van der Waals surface area contributed by atoms with Crippen molar-refractivity contribution in [3.05, 3.63) is 28.8 Å². The molecule has 3 nitrogen and oxygen atoms in total. The van der Waals surface area contributed by atoms with Gasteiger partial charge in [-0.1, -0.05) is 24.6 Å². The fourth-order valence-corrected chi connectivity index (χ4v) is 2.99. The highest BCUT2D eigenvalue weighted by Crippen LogP contribution is 2.31. The van der Waals surface area contributed by atoms with E-state index in [9.17, 15) is 0 Å². The van der Waals surface area contributed by atoms with E-state index in [4.69, 9.17) is 16.3 Å². The molecule has 1 heterocycles. The molecule has 1 aromatic rings. The lowest BCUT2D eigenvalue weighted by atomic mass is 10.1. The number of ether oxygens (including phenoxy) is 1. The van der Waals surface area contributed by atoms with E-state index in [1.807, 2.05) is 0 Å². The van der Waals surface area contributed by atoms with E-state index in [1.165, 1.54) is 5.56 Å². The van der Waals surface area contributed by atoms with Crippen LogP contribution in [0.4, 0.5) is 5.69 Å². The Bertz CT molecular complexity index is 452. The molecule has 0 amide bonds. The van der Waals surface area contributed by atoms with Crippen molar-refractivity contribution in [2.24, 2.45) is 0 Å². The monoisotopic (exact) mass is 296 g/mol. The maximum absolute atomic E-state index is 6.51. The van der Waals surface area contributed by atoms with Gasteiger partial charge in [-0.2, -0.15) is 0 Å². The van der Waals surface area contributed by atoms with Crippen LogP contribution in [-0.2, 0) is 4.74 Å². The first-order valence-electron chi connectivity index (χ1n) is 7.44. The second kappa shape index (κ2) is 6.79. The van der Waals surface area contributed by atoms with Gasteiger partial charge in [-0.05, 0) is 45.0 Å². The summed E-state index contributed by atoms with van der Waals surface area (Å²) in [5, 5.41) is 4.24. The molecule has 3 unspecified atom stereocenters. The fourth-order valence-electron chi connectivity index (χ4n) is 2.69. The molecular formula is C16H25ClN2O. The van der Waals surface area contributed by atoms with Crippen molar-refractivity contribution >= 4 is 17.3 Å². The molecule has 0 aliphatic carbocycles. The minimum absolute atomic E-state index is 0.252. The van der Waals surface area contributed by atoms with E-state index < -0.39 is 0 Å². The summed E-state index contributed by atoms with van der Waals surface area (Å²) >= 11 is 6.51. The average molecular weight is 297 g/mol. The third-order valence-corrected chi connectivity index (χ3v) is 4.20. The van der Waals surface area contributed by atoms with Gasteiger partial charge in [0.1, 0.15) is 0 Å². The van der Waals surface area contributed by atoms with E-state index in [2.05, 4.69) is 56.1 Å². The summed E-state index contributed by atoms with van der Waals surface area (Å²) in [6.45, 7) is 11.2. The molecule has 20 heavy (non-hydrogen) atoms. The van der Waals surface area contributed by atoms with Crippen molar-refractivity contribution in [3.8, 4) is 0 Å². The summed E-state index contributed by atoms with van der Waals surface area (Å²) < 4.78 is 5.68. The molecule has 4 heteroatoms. The molecule has 0 radical (unpaired) electrons. The van der Waals surface area contributed by atoms with E-state index in [1.54, 1.807) is 0 Å². The molecule has 3 atom stereocenters. The lowest BCUT2D eigenvalue weighted by Crippen LogP contribution is -2.47. The molecule has 1 aliphatic rings. The van der Waals surface area contributed by atoms with Crippen LogP contribution in [0.2, 0.25) is 5.02 Å². The van der Waals surface area contributed by atoms with E-state index in [0.717, 1.165) is 30.4 Å². The van der Waals surface area contributed by atoms with E-state index in [-0.39, 0.29) is 6.10 Å². The molecule has 1 aliphatic heterocycles. The Hall–Kier alpha value is -0.770. The first kappa shape index (κ1) is 15.6.